The van der Waals surface area contributed by atoms with Crippen LogP contribution in [0.5, 0.6) is 0 Å². The third-order valence-corrected chi connectivity index (χ3v) is 2.83. The van der Waals surface area contributed by atoms with Gasteiger partial charge >= 0.3 is 17.8 Å². The van der Waals surface area contributed by atoms with E-state index < -0.39 is 23.6 Å². The van der Waals surface area contributed by atoms with Crippen LogP contribution in [0.25, 0.3) is 0 Å². The molecule has 6 nitrogen and oxygen atoms in total. The molecule has 0 saturated heterocycles. The maximum atomic E-state index is 13.0. The number of amides is 2. The molecule has 2 aromatic rings. The average Bonchev–Trinajstić information content (AvgIpc) is 2.54. The number of hydrogen-bond donors (Lipinski definition) is 2. The maximum Gasteiger partial charge on any atom is 0.337 e. The van der Waals surface area contributed by atoms with Gasteiger partial charge in [-0.2, -0.15) is 0 Å². The van der Waals surface area contributed by atoms with Crippen LogP contribution in [-0.2, 0) is 14.3 Å². The van der Waals surface area contributed by atoms with E-state index in [1.807, 2.05) is 0 Å². The van der Waals surface area contributed by atoms with E-state index >= 15 is 0 Å². The number of nitrogens with one attached hydrogen (secondary N) is 2. The predicted octanol–water partition coefficient (Wildman–Crippen LogP) is 2.19. The minimum Gasteiger partial charge on any atom is -0.465 e. The van der Waals surface area contributed by atoms with Crippen molar-refractivity contribution >= 4 is 29.2 Å². The van der Waals surface area contributed by atoms with Crippen LogP contribution in [0.3, 0.4) is 0 Å². The summed E-state index contributed by atoms with van der Waals surface area (Å²) in [4.78, 5) is 35.0. The lowest BCUT2D eigenvalue weighted by Gasteiger charge is -2.07. The predicted molar refractivity (Wildman–Crippen MR) is 81.4 cm³/mol. The summed E-state index contributed by atoms with van der Waals surface area (Å²) in [6, 6.07) is 11.1. The van der Waals surface area contributed by atoms with Gasteiger partial charge in [-0.1, -0.05) is 12.1 Å². The Kier molecular flexibility index (Phi) is 5.03. The molecule has 0 heterocycles. The smallest absolute Gasteiger partial charge is 0.337 e. The molecule has 0 aromatic heterocycles. The zero-order chi connectivity index (χ0) is 16.8. The summed E-state index contributed by atoms with van der Waals surface area (Å²) >= 11 is 0. The number of esters is 1. The number of carbonyl (C=O) groups excluding carboxylic acids is 3. The van der Waals surface area contributed by atoms with Gasteiger partial charge in [-0.15, -0.1) is 0 Å². The van der Waals surface area contributed by atoms with Crippen molar-refractivity contribution in [1.29, 1.82) is 0 Å². The Labute approximate surface area is 131 Å². The van der Waals surface area contributed by atoms with Crippen molar-refractivity contribution in [3.05, 3.63) is 59.9 Å². The van der Waals surface area contributed by atoms with Crippen LogP contribution in [-0.4, -0.2) is 24.9 Å². The van der Waals surface area contributed by atoms with Crippen molar-refractivity contribution in [2.75, 3.05) is 17.7 Å². The fraction of sp³-hybridized carbons (Fsp3) is 0.0625. The molecule has 0 unspecified atom stereocenters. The highest BCUT2D eigenvalue weighted by molar-refractivity contribution is 6.43. The van der Waals surface area contributed by atoms with Crippen molar-refractivity contribution in [2.45, 2.75) is 0 Å². The summed E-state index contributed by atoms with van der Waals surface area (Å²) in [6.07, 6.45) is 0. The summed E-state index contributed by atoms with van der Waals surface area (Å²) in [6.45, 7) is 0. The second-order valence-electron chi connectivity index (χ2n) is 4.49. The molecule has 0 fully saturated rings. The van der Waals surface area contributed by atoms with Gasteiger partial charge in [0.15, 0.2) is 0 Å². The Hall–Kier alpha value is -3.22. The van der Waals surface area contributed by atoms with Crippen molar-refractivity contribution in [2.24, 2.45) is 0 Å². The van der Waals surface area contributed by atoms with E-state index in [4.69, 9.17) is 0 Å². The van der Waals surface area contributed by atoms with Gasteiger partial charge in [0.05, 0.1) is 12.7 Å². The van der Waals surface area contributed by atoms with Gasteiger partial charge in [-0.3, -0.25) is 9.59 Å². The minimum atomic E-state index is -0.959. The van der Waals surface area contributed by atoms with E-state index in [1.54, 1.807) is 0 Å². The van der Waals surface area contributed by atoms with E-state index in [2.05, 4.69) is 15.4 Å². The molecule has 0 radical (unpaired) electrons. The van der Waals surface area contributed by atoms with Crippen molar-refractivity contribution in [3.63, 3.8) is 0 Å². The normalized spacial score (nSPS) is 9.83. The molecule has 0 aliphatic carbocycles. The van der Waals surface area contributed by atoms with E-state index in [1.165, 1.54) is 49.6 Å². The first-order valence-corrected chi connectivity index (χ1v) is 6.56. The monoisotopic (exact) mass is 316 g/mol. The van der Waals surface area contributed by atoms with E-state index in [9.17, 15) is 18.8 Å². The molecule has 0 bridgehead atoms. The number of carbonyl (C=O) groups is 3. The fourth-order valence-electron chi connectivity index (χ4n) is 1.78. The number of benzene rings is 2. The highest BCUT2D eigenvalue weighted by Gasteiger charge is 2.15. The maximum absolute atomic E-state index is 13.0. The highest BCUT2D eigenvalue weighted by Crippen LogP contribution is 2.12. The van der Waals surface area contributed by atoms with E-state index in [-0.39, 0.29) is 16.9 Å². The summed E-state index contributed by atoms with van der Waals surface area (Å²) in [5.41, 5.74) is 0.650. The third-order valence-electron chi connectivity index (χ3n) is 2.83. The fourth-order valence-corrected chi connectivity index (χ4v) is 1.78. The summed E-state index contributed by atoms with van der Waals surface area (Å²) < 4.78 is 17.6. The van der Waals surface area contributed by atoms with Crippen LogP contribution in [0.2, 0.25) is 0 Å². The Morgan fingerprint density at radius 3 is 2.04 bits per heavy atom. The van der Waals surface area contributed by atoms with Gasteiger partial charge in [0.25, 0.3) is 0 Å². The zero-order valence-electron chi connectivity index (χ0n) is 12.1. The molecule has 0 aliphatic rings. The largest absolute Gasteiger partial charge is 0.465 e. The van der Waals surface area contributed by atoms with E-state index in [0.717, 1.165) is 6.07 Å². The second-order valence-corrected chi connectivity index (χ2v) is 4.49. The molecule has 7 heteroatoms. The highest BCUT2D eigenvalue weighted by atomic mass is 19.1. The van der Waals surface area contributed by atoms with Gasteiger partial charge in [0.2, 0.25) is 0 Å². The Morgan fingerprint density at radius 2 is 1.48 bits per heavy atom. The summed E-state index contributed by atoms with van der Waals surface area (Å²) in [5, 5.41) is 4.61. The number of anilines is 2. The molecule has 0 saturated carbocycles. The van der Waals surface area contributed by atoms with Crippen molar-refractivity contribution in [3.8, 4) is 0 Å². The number of rotatable bonds is 3. The number of hydrogen-bond acceptors (Lipinski definition) is 4. The molecule has 0 atom stereocenters. The van der Waals surface area contributed by atoms with Gasteiger partial charge in [0.1, 0.15) is 5.82 Å². The Morgan fingerprint density at radius 1 is 0.913 bits per heavy atom. The first kappa shape index (κ1) is 16.2. The third kappa shape index (κ3) is 4.37. The Balaban J connectivity index is 2.04. The number of ether oxygens (including phenoxy) is 1. The lowest BCUT2D eigenvalue weighted by molar-refractivity contribution is -0.133. The SMILES string of the molecule is COC(=O)c1cccc(NC(=O)C(=O)Nc2cccc(F)c2)c1. The molecule has 2 amide bonds. The summed E-state index contributed by atoms with van der Waals surface area (Å²) in [7, 11) is 1.24. The van der Waals surface area contributed by atoms with E-state index in [0.29, 0.717) is 0 Å². The molecule has 2 N–H and O–H groups in total. The van der Waals surface area contributed by atoms with Crippen molar-refractivity contribution < 1.29 is 23.5 Å². The molecule has 118 valence electrons. The van der Waals surface area contributed by atoms with Crippen molar-refractivity contribution in [1.82, 2.24) is 0 Å². The quantitative estimate of drug-likeness (QED) is 0.671. The van der Waals surface area contributed by atoms with Crippen LogP contribution in [0, 0.1) is 5.82 Å². The topological polar surface area (TPSA) is 84.5 Å². The lowest BCUT2D eigenvalue weighted by atomic mass is 10.2. The Bertz CT molecular complexity index is 761. The van der Waals surface area contributed by atoms with Gasteiger partial charge in [-0.05, 0) is 36.4 Å². The van der Waals surface area contributed by atoms with Gasteiger partial charge in [0, 0.05) is 11.4 Å². The van der Waals surface area contributed by atoms with Gasteiger partial charge < -0.3 is 15.4 Å². The van der Waals surface area contributed by atoms with Crippen LogP contribution in [0.4, 0.5) is 15.8 Å². The zero-order valence-corrected chi connectivity index (χ0v) is 12.1. The van der Waals surface area contributed by atoms with Crippen LogP contribution in [0.15, 0.2) is 48.5 Å². The molecule has 23 heavy (non-hydrogen) atoms. The molecule has 2 aromatic carbocycles. The second kappa shape index (κ2) is 7.17. The van der Waals surface area contributed by atoms with Gasteiger partial charge in [-0.25, -0.2) is 9.18 Å². The first-order valence-electron chi connectivity index (χ1n) is 6.56. The van der Waals surface area contributed by atoms with Crippen LogP contribution in [0.1, 0.15) is 10.4 Å². The summed E-state index contributed by atoms with van der Waals surface area (Å²) in [5.74, 6) is -3.00. The number of halogens is 1. The molecular formula is C16H13FN2O4. The molecule has 0 spiro atoms. The van der Waals surface area contributed by atoms with Crippen LogP contribution >= 0.6 is 0 Å². The van der Waals surface area contributed by atoms with Crippen LogP contribution < -0.4 is 10.6 Å². The minimum absolute atomic E-state index is 0.161. The molecule has 0 aliphatic heterocycles. The first-order chi connectivity index (χ1) is 11.0. The number of methoxy groups -OCH3 is 1. The lowest BCUT2D eigenvalue weighted by Crippen LogP contribution is -2.29. The average molecular weight is 316 g/mol. The molecule has 2 rings (SSSR count). The molecular weight excluding hydrogens is 303 g/mol. The standard InChI is InChI=1S/C16H13FN2O4/c1-23-16(22)10-4-2-6-12(8-10)18-14(20)15(21)19-13-7-3-5-11(17)9-13/h2-9H,1H3,(H,18,20)(H,19,21).